The molecule has 0 saturated heterocycles. The zero-order chi connectivity index (χ0) is 21.0. The van der Waals surface area contributed by atoms with E-state index in [1.807, 2.05) is 36.4 Å². The first-order valence-electron chi connectivity index (χ1n) is 10.4. The summed E-state index contributed by atoms with van der Waals surface area (Å²) in [6.45, 7) is 6.95. The van der Waals surface area contributed by atoms with Crippen LogP contribution in [-0.2, 0) is 12.8 Å². The van der Waals surface area contributed by atoms with Crippen molar-refractivity contribution in [3.8, 4) is 11.3 Å². The third kappa shape index (κ3) is 3.50. The van der Waals surface area contributed by atoms with Gasteiger partial charge in [0.15, 0.2) is 6.17 Å². The Balaban J connectivity index is 1.41. The minimum atomic E-state index is -0.354. The van der Waals surface area contributed by atoms with Gasteiger partial charge in [0.25, 0.3) is 5.91 Å². The van der Waals surface area contributed by atoms with Gasteiger partial charge >= 0.3 is 0 Å². The van der Waals surface area contributed by atoms with E-state index in [1.54, 1.807) is 11.3 Å². The molecule has 0 fully saturated rings. The fourth-order valence-electron chi connectivity index (χ4n) is 4.46. The number of amides is 1. The summed E-state index contributed by atoms with van der Waals surface area (Å²) in [5.41, 5.74) is 3.39. The van der Waals surface area contributed by atoms with Gasteiger partial charge < -0.3 is 15.1 Å². The van der Waals surface area contributed by atoms with Crippen LogP contribution in [0.2, 0.25) is 0 Å². The first kappa shape index (κ1) is 19.9. The van der Waals surface area contributed by atoms with Crippen LogP contribution >= 0.6 is 27.3 Å². The third-order valence-corrected chi connectivity index (χ3v) is 8.02. The second-order valence-corrected chi connectivity index (χ2v) is 11.3. The van der Waals surface area contributed by atoms with Gasteiger partial charge in [-0.15, -0.1) is 11.3 Å². The Kier molecular flexibility index (Phi) is 4.82. The van der Waals surface area contributed by atoms with Gasteiger partial charge in [0.1, 0.15) is 16.5 Å². The number of rotatable bonds is 2. The van der Waals surface area contributed by atoms with Crippen LogP contribution < -0.4 is 10.6 Å². The van der Waals surface area contributed by atoms with Gasteiger partial charge in [-0.05, 0) is 60.4 Å². The molecule has 3 aromatic rings. The van der Waals surface area contributed by atoms with Gasteiger partial charge in [-0.2, -0.15) is 0 Å². The highest BCUT2D eigenvalue weighted by atomic mass is 79.9. The van der Waals surface area contributed by atoms with E-state index in [0.29, 0.717) is 11.7 Å². The molecule has 1 aliphatic carbocycles. The molecule has 0 bridgehead atoms. The van der Waals surface area contributed by atoms with Crippen molar-refractivity contribution in [2.75, 3.05) is 5.32 Å². The molecule has 0 spiro atoms. The van der Waals surface area contributed by atoms with Crippen LogP contribution in [-0.4, -0.2) is 5.91 Å². The van der Waals surface area contributed by atoms with E-state index in [9.17, 15) is 4.79 Å². The standard InChI is InChI=1S/C24H25BrN2O2S/c1-24(2,3)14-6-9-16-19(12-14)30-23-20(16)22(28)26-21(27-23)18-11-10-17(29-18)13-4-7-15(25)8-5-13/h4-5,7-8,10-11,14,21,27H,6,9,12H2,1-3H3,(H,26,28)/t14-,21-/m1/s1. The van der Waals surface area contributed by atoms with Crippen LogP contribution in [0.4, 0.5) is 5.00 Å². The second-order valence-electron chi connectivity index (χ2n) is 9.27. The molecule has 2 atom stereocenters. The first-order chi connectivity index (χ1) is 14.3. The number of benzene rings is 1. The predicted molar refractivity (Wildman–Crippen MR) is 125 cm³/mol. The monoisotopic (exact) mass is 484 g/mol. The fourth-order valence-corrected chi connectivity index (χ4v) is 6.07. The lowest BCUT2D eigenvalue weighted by molar-refractivity contribution is 0.0930. The number of hydrogen-bond acceptors (Lipinski definition) is 4. The molecule has 0 unspecified atom stereocenters. The lowest BCUT2D eigenvalue weighted by atomic mass is 9.72. The minimum absolute atomic E-state index is 0.00190. The van der Waals surface area contributed by atoms with E-state index in [1.165, 1.54) is 10.4 Å². The minimum Gasteiger partial charge on any atom is -0.457 e. The molecular weight excluding hydrogens is 460 g/mol. The number of nitrogens with one attached hydrogen (secondary N) is 2. The zero-order valence-electron chi connectivity index (χ0n) is 17.3. The van der Waals surface area contributed by atoms with E-state index < -0.39 is 0 Å². The van der Waals surface area contributed by atoms with Gasteiger partial charge in [0.05, 0.1) is 5.56 Å². The summed E-state index contributed by atoms with van der Waals surface area (Å²) in [7, 11) is 0. The van der Waals surface area contributed by atoms with Crippen molar-refractivity contribution in [1.29, 1.82) is 0 Å². The third-order valence-electron chi connectivity index (χ3n) is 6.31. The lowest BCUT2D eigenvalue weighted by Crippen LogP contribution is -2.38. The van der Waals surface area contributed by atoms with Gasteiger partial charge in [-0.25, -0.2) is 0 Å². The number of thiophene rings is 1. The number of halogens is 1. The molecule has 4 nitrogen and oxygen atoms in total. The Bertz CT molecular complexity index is 1110. The number of carbonyl (C=O) groups excluding carboxylic acids is 1. The maximum Gasteiger partial charge on any atom is 0.256 e. The van der Waals surface area contributed by atoms with E-state index in [-0.39, 0.29) is 17.5 Å². The lowest BCUT2D eigenvalue weighted by Gasteiger charge is -2.34. The predicted octanol–water partition coefficient (Wildman–Crippen LogP) is 6.78. The van der Waals surface area contributed by atoms with Crippen LogP contribution in [0, 0.1) is 11.3 Å². The van der Waals surface area contributed by atoms with Crippen molar-refractivity contribution in [1.82, 2.24) is 5.32 Å². The normalized spacial score (nSPS) is 20.9. The molecule has 3 heterocycles. The van der Waals surface area contributed by atoms with Gasteiger partial charge in [-0.1, -0.05) is 48.8 Å². The summed E-state index contributed by atoms with van der Waals surface area (Å²) < 4.78 is 7.12. The van der Waals surface area contributed by atoms with E-state index in [0.717, 1.165) is 45.6 Å². The maximum atomic E-state index is 13.0. The molecule has 6 heteroatoms. The smallest absolute Gasteiger partial charge is 0.256 e. The Morgan fingerprint density at radius 3 is 2.60 bits per heavy atom. The van der Waals surface area contributed by atoms with Crippen molar-refractivity contribution in [3.05, 3.63) is 62.6 Å². The van der Waals surface area contributed by atoms with E-state index in [2.05, 4.69) is 47.3 Å². The molecule has 0 saturated carbocycles. The Labute approximate surface area is 189 Å². The van der Waals surface area contributed by atoms with Crippen LogP contribution in [0.3, 0.4) is 0 Å². The van der Waals surface area contributed by atoms with Crippen molar-refractivity contribution < 1.29 is 9.21 Å². The molecule has 2 aliphatic rings. The Morgan fingerprint density at radius 1 is 1.10 bits per heavy atom. The molecule has 1 amide bonds. The molecular formula is C24H25BrN2O2S. The average molecular weight is 485 g/mol. The molecule has 0 radical (unpaired) electrons. The zero-order valence-corrected chi connectivity index (χ0v) is 19.7. The summed E-state index contributed by atoms with van der Waals surface area (Å²) in [4.78, 5) is 14.4. The van der Waals surface area contributed by atoms with Crippen LogP contribution in [0.25, 0.3) is 11.3 Å². The summed E-state index contributed by atoms with van der Waals surface area (Å²) in [6, 6.07) is 11.9. The molecule has 1 aromatic carbocycles. The van der Waals surface area contributed by atoms with Crippen molar-refractivity contribution >= 4 is 38.2 Å². The number of hydrogen-bond donors (Lipinski definition) is 2. The maximum absolute atomic E-state index is 13.0. The van der Waals surface area contributed by atoms with Gasteiger partial charge in [-0.3, -0.25) is 4.79 Å². The van der Waals surface area contributed by atoms with Crippen LogP contribution in [0.15, 0.2) is 45.3 Å². The highest BCUT2D eigenvalue weighted by Gasteiger charge is 2.37. The number of anilines is 1. The fraction of sp³-hybridized carbons (Fsp3) is 0.375. The van der Waals surface area contributed by atoms with Gasteiger partial charge in [0.2, 0.25) is 0 Å². The first-order valence-corrected chi connectivity index (χ1v) is 12.0. The van der Waals surface area contributed by atoms with Crippen molar-refractivity contribution in [3.63, 3.8) is 0 Å². The molecule has 2 N–H and O–H groups in total. The molecule has 2 aromatic heterocycles. The average Bonchev–Trinajstić information content (AvgIpc) is 3.32. The number of carbonyl (C=O) groups is 1. The van der Waals surface area contributed by atoms with Crippen molar-refractivity contribution in [2.45, 2.75) is 46.2 Å². The summed E-state index contributed by atoms with van der Waals surface area (Å²) in [6.07, 6.45) is 2.83. The summed E-state index contributed by atoms with van der Waals surface area (Å²) in [5, 5.41) is 7.59. The number of fused-ring (bicyclic) bond motifs is 3. The quantitative estimate of drug-likeness (QED) is 0.421. The second kappa shape index (κ2) is 7.27. The summed E-state index contributed by atoms with van der Waals surface area (Å²) >= 11 is 5.20. The highest BCUT2D eigenvalue weighted by Crippen LogP contribution is 2.46. The highest BCUT2D eigenvalue weighted by molar-refractivity contribution is 9.10. The van der Waals surface area contributed by atoms with E-state index >= 15 is 0 Å². The molecule has 1 aliphatic heterocycles. The number of furan rings is 1. The van der Waals surface area contributed by atoms with Crippen LogP contribution in [0.1, 0.15) is 59.9 Å². The van der Waals surface area contributed by atoms with Crippen LogP contribution in [0.5, 0.6) is 0 Å². The summed E-state index contributed by atoms with van der Waals surface area (Å²) in [5.74, 6) is 2.16. The topological polar surface area (TPSA) is 54.3 Å². The largest absolute Gasteiger partial charge is 0.457 e. The molecule has 156 valence electrons. The van der Waals surface area contributed by atoms with Crippen molar-refractivity contribution in [2.24, 2.45) is 11.3 Å². The Morgan fingerprint density at radius 2 is 1.87 bits per heavy atom. The molecule has 5 rings (SSSR count). The van der Waals surface area contributed by atoms with E-state index in [4.69, 9.17) is 4.42 Å². The molecule has 30 heavy (non-hydrogen) atoms. The SMILES string of the molecule is CC(C)(C)[C@@H]1CCc2c(sc3c2C(=O)N[C@@H](c2ccc(-c4ccc(Br)cc4)o2)N3)C1. The Hall–Kier alpha value is -2.05. The van der Waals surface area contributed by atoms with Gasteiger partial charge in [0, 0.05) is 14.9 Å².